The van der Waals surface area contributed by atoms with E-state index in [0.717, 1.165) is 0 Å². The molecule has 1 aromatic rings. The van der Waals surface area contributed by atoms with E-state index in [0.29, 0.717) is 11.1 Å². The molecule has 0 saturated heterocycles. The van der Waals surface area contributed by atoms with Gasteiger partial charge in [-0.25, -0.2) is 0 Å². The number of phenols is 1. The van der Waals surface area contributed by atoms with E-state index in [9.17, 15) is 20.1 Å². The van der Waals surface area contributed by atoms with Gasteiger partial charge in [0.15, 0.2) is 0 Å². The largest absolute Gasteiger partial charge is 0.508 e. The van der Waals surface area contributed by atoms with Crippen LogP contribution in [0, 0.1) is 0 Å². The minimum absolute atomic E-state index is 0.0256. The molecule has 1 aromatic carbocycles. The maximum Gasteiger partial charge on any atom is 0.216 e. The van der Waals surface area contributed by atoms with Crippen molar-refractivity contribution in [3.8, 4) is 5.75 Å². The molecule has 0 fully saturated rings. The van der Waals surface area contributed by atoms with Gasteiger partial charge in [-0.2, -0.15) is 0 Å². The molecule has 2 unspecified atom stereocenters. The van der Waals surface area contributed by atoms with Crippen LogP contribution in [0.2, 0.25) is 0 Å². The summed E-state index contributed by atoms with van der Waals surface area (Å²) in [6.45, 7) is 7.17. The molecule has 0 aliphatic rings. The molecule has 0 radical (unpaired) electrons. The molecule has 0 heterocycles. The van der Waals surface area contributed by atoms with Crippen molar-refractivity contribution in [3.05, 3.63) is 29.3 Å². The van der Waals surface area contributed by atoms with Crippen LogP contribution in [0.4, 0.5) is 0 Å². The summed E-state index contributed by atoms with van der Waals surface area (Å²) in [6.07, 6.45) is -2.22. The fourth-order valence-corrected chi connectivity index (χ4v) is 1.92. The third-order valence-corrected chi connectivity index (χ3v) is 3.09. The quantitative estimate of drug-likeness (QED) is 0.668. The van der Waals surface area contributed by atoms with Crippen LogP contribution in [0.1, 0.15) is 44.9 Å². The minimum Gasteiger partial charge on any atom is -0.508 e. The number of aliphatic hydroxyl groups excluding tert-OH is 2. The first-order valence-electron chi connectivity index (χ1n) is 6.57. The van der Waals surface area contributed by atoms with Crippen molar-refractivity contribution in [2.45, 2.75) is 45.3 Å². The van der Waals surface area contributed by atoms with Gasteiger partial charge in [-0.3, -0.25) is 4.79 Å². The lowest BCUT2D eigenvalue weighted by molar-refractivity contribution is -0.119. The molecule has 20 heavy (non-hydrogen) atoms. The summed E-state index contributed by atoms with van der Waals surface area (Å²) in [6, 6.07) is 4.74. The molecule has 0 aromatic heterocycles. The standard InChI is InChI=1S/C15H23NO4/c1-9(17)16-8-13(19)14(20)10-5-6-12(18)11(7-10)15(2,3)4/h5-7,13-14,18-20H,8H2,1-4H3,(H,16,17). The lowest BCUT2D eigenvalue weighted by atomic mass is 9.84. The fourth-order valence-electron chi connectivity index (χ4n) is 1.92. The Morgan fingerprint density at radius 1 is 1.30 bits per heavy atom. The molecular formula is C15H23NO4. The molecule has 112 valence electrons. The highest BCUT2D eigenvalue weighted by atomic mass is 16.3. The molecule has 0 aliphatic carbocycles. The number of hydrogen-bond acceptors (Lipinski definition) is 4. The first-order valence-corrected chi connectivity index (χ1v) is 6.57. The van der Waals surface area contributed by atoms with Gasteiger partial charge in [-0.15, -0.1) is 0 Å². The second-order valence-electron chi connectivity index (χ2n) is 5.98. The zero-order chi connectivity index (χ0) is 15.5. The summed E-state index contributed by atoms with van der Waals surface area (Å²) in [5, 5.41) is 32.3. The van der Waals surface area contributed by atoms with Gasteiger partial charge >= 0.3 is 0 Å². The average Bonchev–Trinajstić information content (AvgIpc) is 2.34. The van der Waals surface area contributed by atoms with Crippen LogP contribution in [0.5, 0.6) is 5.75 Å². The Kier molecular flexibility index (Phi) is 5.14. The van der Waals surface area contributed by atoms with Crippen LogP contribution >= 0.6 is 0 Å². The van der Waals surface area contributed by atoms with Crippen LogP contribution in [-0.4, -0.2) is 33.9 Å². The summed E-state index contributed by atoms with van der Waals surface area (Å²) in [5.41, 5.74) is 0.925. The summed E-state index contributed by atoms with van der Waals surface area (Å²) in [4.78, 5) is 10.8. The molecule has 0 aliphatic heterocycles. The monoisotopic (exact) mass is 281 g/mol. The van der Waals surface area contributed by atoms with Crippen LogP contribution < -0.4 is 5.32 Å². The normalized spacial score (nSPS) is 14.7. The molecule has 1 amide bonds. The Hall–Kier alpha value is -1.59. The third-order valence-electron chi connectivity index (χ3n) is 3.09. The topological polar surface area (TPSA) is 89.8 Å². The molecule has 2 atom stereocenters. The van der Waals surface area contributed by atoms with Gasteiger partial charge in [0.05, 0.1) is 0 Å². The number of benzene rings is 1. The number of carbonyl (C=O) groups excluding carboxylic acids is 1. The molecule has 0 spiro atoms. The van der Waals surface area contributed by atoms with Crippen LogP contribution in [0.15, 0.2) is 18.2 Å². The van der Waals surface area contributed by atoms with Gasteiger partial charge in [0.2, 0.25) is 5.91 Å². The highest BCUT2D eigenvalue weighted by Crippen LogP contribution is 2.33. The smallest absolute Gasteiger partial charge is 0.216 e. The van der Waals surface area contributed by atoms with Crippen molar-refractivity contribution in [1.29, 1.82) is 0 Å². The number of hydrogen-bond donors (Lipinski definition) is 4. The molecule has 0 bridgehead atoms. The zero-order valence-electron chi connectivity index (χ0n) is 12.3. The first kappa shape index (κ1) is 16.5. The molecular weight excluding hydrogens is 258 g/mol. The number of aromatic hydroxyl groups is 1. The first-order chi connectivity index (χ1) is 9.12. The lowest BCUT2D eigenvalue weighted by Gasteiger charge is -2.24. The maximum atomic E-state index is 10.8. The van der Waals surface area contributed by atoms with Crippen molar-refractivity contribution in [2.24, 2.45) is 0 Å². The SMILES string of the molecule is CC(=O)NCC(O)C(O)c1ccc(O)c(C(C)(C)C)c1. The van der Waals surface area contributed by atoms with Crippen molar-refractivity contribution in [2.75, 3.05) is 6.54 Å². The van der Waals surface area contributed by atoms with E-state index in [-0.39, 0.29) is 23.6 Å². The summed E-state index contributed by atoms with van der Waals surface area (Å²) in [7, 11) is 0. The van der Waals surface area contributed by atoms with E-state index < -0.39 is 12.2 Å². The lowest BCUT2D eigenvalue weighted by Crippen LogP contribution is -2.34. The predicted molar refractivity (Wildman–Crippen MR) is 76.5 cm³/mol. The van der Waals surface area contributed by atoms with Crippen molar-refractivity contribution in [1.82, 2.24) is 5.32 Å². The van der Waals surface area contributed by atoms with Gasteiger partial charge in [0, 0.05) is 13.5 Å². The van der Waals surface area contributed by atoms with Crippen LogP contribution in [0.25, 0.3) is 0 Å². The molecule has 1 rings (SSSR count). The van der Waals surface area contributed by atoms with Gasteiger partial charge in [0.1, 0.15) is 18.0 Å². The van der Waals surface area contributed by atoms with E-state index >= 15 is 0 Å². The van der Waals surface area contributed by atoms with Gasteiger partial charge < -0.3 is 20.6 Å². The Balaban J connectivity index is 2.94. The maximum absolute atomic E-state index is 10.8. The van der Waals surface area contributed by atoms with Gasteiger partial charge in [0.25, 0.3) is 0 Å². The van der Waals surface area contributed by atoms with E-state index in [1.54, 1.807) is 12.1 Å². The molecule has 5 nitrogen and oxygen atoms in total. The highest BCUT2D eigenvalue weighted by Gasteiger charge is 2.23. The number of nitrogens with one attached hydrogen (secondary N) is 1. The Morgan fingerprint density at radius 3 is 2.40 bits per heavy atom. The Morgan fingerprint density at radius 2 is 1.90 bits per heavy atom. The van der Waals surface area contributed by atoms with Crippen LogP contribution in [0.3, 0.4) is 0 Å². The average molecular weight is 281 g/mol. The minimum atomic E-state index is -1.12. The van der Waals surface area contributed by atoms with E-state index in [4.69, 9.17) is 0 Å². The summed E-state index contributed by atoms with van der Waals surface area (Å²) < 4.78 is 0. The summed E-state index contributed by atoms with van der Waals surface area (Å²) in [5.74, 6) is -0.109. The van der Waals surface area contributed by atoms with E-state index in [1.165, 1.54) is 13.0 Å². The highest BCUT2D eigenvalue weighted by molar-refractivity contribution is 5.72. The van der Waals surface area contributed by atoms with Crippen molar-refractivity contribution < 1.29 is 20.1 Å². The number of carbonyl (C=O) groups is 1. The third kappa shape index (κ3) is 4.21. The van der Waals surface area contributed by atoms with E-state index in [2.05, 4.69) is 5.32 Å². The fraction of sp³-hybridized carbons (Fsp3) is 0.533. The van der Waals surface area contributed by atoms with Crippen molar-refractivity contribution in [3.63, 3.8) is 0 Å². The Labute approximate surface area is 119 Å². The number of aliphatic hydroxyl groups is 2. The Bertz CT molecular complexity index is 479. The second-order valence-corrected chi connectivity index (χ2v) is 5.98. The number of rotatable bonds is 4. The predicted octanol–water partition coefficient (Wildman–Crippen LogP) is 1.22. The van der Waals surface area contributed by atoms with Gasteiger partial charge in [-0.05, 0) is 28.7 Å². The number of amides is 1. The zero-order valence-corrected chi connectivity index (χ0v) is 12.3. The summed E-state index contributed by atoms with van der Waals surface area (Å²) >= 11 is 0. The molecule has 5 heteroatoms. The van der Waals surface area contributed by atoms with Gasteiger partial charge in [-0.1, -0.05) is 26.8 Å². The van der Waals surface area contributed by atoms with Crippen LogP contribution in [-0.2, 0) is 10.2 Å². The molecule has 4 N–H and O–H groups in total. The number of phenolic OH excluding ortho intramolecular Hbond substituents is 1. The molecule has 0 saturated carbocycles. The van der Waals surface area contributed by atoms with E-state index in [1.807, 2.05) is 20.8 Å². The van der Waals surface area contributed by atoms with Crippen molar-refractivity contribution >= 4 is 5.91 Å². The second kappa shape index (κ2) is 6.24.